The molecule has 118 valence electrons. The maximum atomic E-state index is 5.49. The Balaban J connectivity index is 1.71. The topological polar surface area (TPSA) is 29.3 Å². The third kappa shape index (κ3) is 3.25. The molecule has 1 aromatic carbocycles. The maximum Gasteiger partial charge on any atom is 0.139 e. The van der Waals surface area contributed by atoms with Crippen LogP contribution < -0.4 is 0 Å². The first-order valence-corrected chi connectivity index (χ1v) is 8.45. The third-order valence-corrected chi connectivity index (χ3v) is 4.64. The summed E-state index contributed by atoms with van der Waals surface area (Å²) in [5, 5.41) is 4.32. The van der Waals surface area contributed by atoms with Crippen molar-refractivity contribution >= 4 is 0 Å². The quantitative estimate of drug-likeness (QED) is 0.801. The molecule has 3 nitrogen and oxygen atoms in total. The second-order valence-electron chi connectivity index (χ2n) is 6.61. The van der Waals surface area contributed by atoms with E-state index in [1.54, 1.807) is 0 Å². The Kier molecular flexibility index (Phi) is 4.63. The number of rotatable bonds is 5. The van der Waals surface area contributed by atoms with Crippen LogP contribution in [-0.4, -0.2) is 16.6 Å². The van der Waals surface area contributed by atoms with Gasteiger partial charge in [-0.3, -0.25) is 4.90 Å². The molecule has 0 aliphatic carbocycles. The van der Waals surface area contributed by atoms with Crippen LogP contribution in [0.1, 0.15) is 68.2 Å². The van der Waals surface area contributed by atoms with Crippen LogP contribution in [0, 0.1) is 0 Å². The normalized spacial score (nSPS) is 19.2. The monoisotopic (exact) mass is 298 g/mol. The summed E-state index contributed by atoms with van der Waals surface area (Å²) in [4.78, 5) is 2.53. The predicted octanol–water partition coefficient (Wildman–Crippen LogP) is 4.70. The van der Waals surface area contributed by atoms with Crippen molar-refractivity contribution in [1.82, 2.24) is 10.1 Å². The largest absolute Gasteiger partial charge is 0.361 e. The molecule has 0 saturated carbocycles. The molecule has 0 spiro atoms. The number of aromatic nitrogens is 1. The molecular weight excluding hydrogens is 272 g/mol. The highest BCUT2D eigenvalue weighted by Crippen LogP contribution is 2.33. The van der Waals surface area contributed by atoms with Crippen LogP contribution in [0.4, 0.5) is 0 Å². The number of nitrogens with zero attached hydrogens (tertiary/aromatic N) is 2. The van der Waals surface area contributed by atoms with Crippen molar-refractivity contribution in [1.29, 1.82) is 0 Å². The van der Waals surface area contributed by atoms with Crippen LogP contribution in [0.5, 0.6) is 0 Å². The Labute approximate surface area is 133 Å². The zero-order valence-corrected chi connectivity index (χ0v) is 13.9. The van der Waals surface area contributed by atoms with E-state index in [1.807, 2.05) is 0 Å². The van der Waals surface area contributed by atoms with Crippen molar-refractivity contribution in [3.8, 4) is 0 Å². The SMILES string of the molecule is CCc1ccc(CN2CCCC2c2cc(C(C)C)on2)cc1. The van der Waals surface area contributed by atoms with E-state index >= 15 is 0 Å². The fourth-order valence-corrected chi connectivity index (χ4v) is 3.20. The molecule has 0 amide bonds. The van der Waals surface area contributed by atoms with Crippen LogP contribution >= 0.6 is 0 Å². The average molecular weight is 298 g/mol. The Bertz CT molecular complexity index is 600. The number of hydrogen-bond donors (Lipinski definition) is 0. The fraction of sp³-hybridized carbons (Fsp3) is 0.526. The molecule has 0 N–H and O–H groups in total. The van der Waals surface area contributed by atoms with Crippen LogP contribution in [0.25, 0.3) is 0 Å². The Morgan fingerprint density at radius 3 is 2.59 bits per heavy atom. The number of benzene rings is 1. The molecule has 1 aliphatic rings. The van der Waals surface area contributed by atoms with Gasteiger partial charge >= 0.3 is 0 Å². The summed E-state index contributed by atoms with van der Waals surface area (Å²) in [7, 11) is 0. The average Bonchev–Trinajstić information content (AvgIpc) is 3.16. The Hall–Kier alpha value is -1.61. The summed E-state index contributed by atoms with van der Waals surface area (Å²) >= 11 is 0. The summed E-state index contributed by atoms with van der Waals surface area (Å²) in [6.07, 6.45) is 3.52. The third-order valence-electron chi connectivity index (χ3n) is 4.64. The lowest BCUT2D eigenvalue weighted by atomic mass is 10.1. The maximum absolute atomic E-state index is 5.49. The summed E-state index contributed by atoms with van der Waals surface area (Å²) in [6, 6.07) is 11.6. The van der Waals surface area contributed by atoms with Crippen molar-refractivity contribution in [3.05, 3.63) is 52.9 Å². The molecule has 1 aliphatic heterocycles. The zero-order chi connectivity index (χ0) is 15.5. The highest BCUT2D eigenvalue weighted by atomic mass is 16.5. The first kappa shape index (κ1) is 15.3. The van der Waals surface area contributed by atoms with E-state index in [0.717, 1.165) is 31.0 Å². The van der Waals surface area contributed by atoms with Gasteiger partial charge in [-0.05, 0) is 36.9 Å². The smallest absolute Gasteiger partial charge is 0.139 e. The number of hydrogen-bond acceptors (Lipinski definition) is 3. The molecule has 2 heterocycles. The fourth-order valence-electron chi connectivity index (χ4n) is 3.20. The standard InChI is InChI=1S/C19H26N2O/c1-4-15-7-9-16(10-8-15)13-21-11-5-6-18(21)17-12-19(14(2)3)22-20-17/h7-10,12,14,18H,4-6,11,13H2,1-3H3. The predicted molar refractivity (Wildman–Crippen MR) is 88.8 cm³/mol. The minimum absolute atomic E-state index is 0.401. The minimum Gasteiger partial charge on any atom is -0.361 e. The van der Waals surface area contributed by atoms with Gasteiger partial charge in [-0.1, -0.05) is 50.2 Å². The first-order chi connectivity index (χ1) is 10.7. The Morgan fingerprint density at radius 2 is 1.95 bits per heavy atom. The summed E-state index contributed by atoms with van der Waals surface area (Å²) in [6.45, 7) is 8.63. The van der Waals surface area contributed by atoms with E-state index in [0.29, 0.717) is 12.0 Å². The van der Waals surface area contributed by atoms with Crippen LogP contribution in [0.2, 0.25) is 0 Å². The van der Waals surface area contributed by atoms with Crippen LogP contribution in [0.3, 0.4) is 0 Å². The molecule has 0 radical (unpaired) electrons. The summed E-state index contributed by atoms with van der Waals surface area (Å²) in [5.74, 6) is 1.40. The van der Waals surface area contributed by atoms with E-state index in [9.17, 15) is 0 Å². The van der Waals surface area contributed by atoms with E-state index in [4.69, 9.17) is 4.52 Å². The molecule has 3 rings (SSSR count). The molecule has 0 bridgehead atoms. The second kappa shape index (κ2) is 6.66. The van der Waals surface area contributed by atoms with E-state index in [1.165, 1.54) is 24.0 Å². The molecule has 3 heteroatoms. The zero-order valence-electron chi connectivity index (χ0n) is 13.9. The molecule has 1 fully saturated rings. The van der Waals surface area contributed by atoms with E-state index in [-0.39, 0.29) is 0 Å². The summed E-state index contributed by atoms with van der Waals surface area (Å²) < 4.78 is 5.49. The highest BCUT2D eigenvalue weighted by Gasteiger charge is 2.28. The van der Waals surface area contributed by atoms with Gasteiger partial charge in [0.2, 0.25) is 0 Å². The van der Waals surface area contributed by atoms with Gasteiger partial charge in [0.25, 0.3) is 0 Å². The lowest BCUT2D eigenvalue weighted by Crippen LogP contribution is -2.23. The van der Waals surface area contributed by atoms with Crippen molar-refractivity contribution in [2.24, 2.45) is 0 Å². The molecule has 1 unspecified atom stereocenters. The first-order valence-electron chi connectivity index (χ1n) is 8.45. The molecule has 2 aromatic rings. The highest BCUT2D eigenvalue weighted by molar-refractivity contribution is 5.23. The number of aryl methyl sites for hydroxylation is 1. The van der Waals surface area contributed by atoms with Gasteiger partial charge in [-0.25, -0.2) is 0 Å². The van der Waals surface area contributed by atoms with Crippen molar-refractivity contribution < 1.29 is 4.52 Å². The molecule has 22 heavy (non-hydrogen) atoms. The van der Waals surface area contributed by atoms with Gasteiger partial charge in [0.15, 0.2) is 0 Å². The Morgan fingerprint density at radius 1 is 1.23 bits per heavy atom. The molecule has 1 saturated heterocycles. The van der Waals surface area contributed by atoms with Crippen LogP contribution in [0.15, 0.2) is 34.9 Å². The lowest BCUT2D eigenvalue weighted by molar-refractivity contribution is 0.236. The van der Waals surface area contributed by atoms with Crippen LogP contribution in [-0.2, 0) is 13.0 Å². The van der Waals surface area contributed by atoms with Gasteiger partial charge in [0, 0.05) is 18.5 Å². The number of likely N-dealkylation sites (tertiary alicyclic amines) is 1. The van der Waals surface area contributed by atoms with Crippen molar-refractivity contribution in [2.75, 3.05) is 6.54 Å². The summed E-state index contributed by atoms with van der Waals surface area (Å²) in [5.41, 5.74) is 3.89. The lowest BCUT2D eigenvalue weighted by Gasteiger charge is -2.22. The van der Waals surface area contributed by atoms with Gasteiger partial charge in [-0.2, -0.15) is 0 Å². The molecular formula is C19H26N2O. The van der Waals surface area contributed by atoms with Gasteiger partial charge < -0.3 is 4.52 Å². The van der Waals surface area contributed by atoms with E-state index in [2.05, 4.69) is 61.2 Å². The second-order valence-corrected chi connectivity index (χ2v) is 6.61. The van der Waals surface area contributed by atoms with Crippen molar-refractivity contribution in [3.63, 3.8) is 0 Å². The van der Waals surface area contributed by atoms with Gasteiger partial charge in [-0.15, -0.1) is 0 Å². The van der Waals surface area contributed by atoms with E-state index < -0.39 is 0 Å². The minimum atomic E-state index is 0.401. The van der Waals surface area contributed by atoms with Gasteiger partial charge in [0.05, 0.1) is 6.04 Å². The van der Waals surface area contributed by atoms with Crippen molar-refractivity contribution in [2.45, 2.75) is 58.5 Å². The molecule has 1 aromatic heterocycles. The molecule has 1 atom stereocenters. The van der Waals surface area contributed by atoms with Gasteiger partial charge in [0.1, 0.15) is 11.5 Å².